The predicted octanol–water partition coefficient (Wildman–Crippen LogP) is 4.34. The molecule has 0 unspecified atom stereocenters. The molecule has 0 radical (unpaired) electrons. The van der Waals surface area contributed by atoms with Crippen LogP contribution in [0.3, 0.4) is 0 Å². The van der Waals surface area contributed by atoms with Gasteiger partial charge in [0, 0.05) is 63.8 Å². The van der Waals surface area contributed by atoms with Crippen LogP contribution in [0.15, 0.2) is 59.7 Å². The second kappa shape index (κ2) is 12.0. The van der Waals surface area contributed by atoms with Crippen molar-refractivity contribution in [3.63, 3.8) is 0 Å². The van der Waals surface area contributed by atoms with Gasteiger partial charge in [-0.2, -0.15) is 0 Å². The maximum atomic E-state index is 15.0. The first-order valence-corrected chi connectivity index (χ1v) is 13.5. The fourth-order valence-electron chi connectivity index (χ4n) is 4.79. The molecule has 1 aromatic heterocycles. The van der Waals surface area contributed by atoms with Crippen LogP contribution in [-0.2, 0) is 7.05 Å². The molecule has 5 rings (SSSR count). The number of nitrogens with one attached hydrogen (secondary N) is 1. The number of imidazole rings is 1. The highest BCUT2D eigenvalue weighted by Crippen LogP contribution is 2.44. The number of piperazine rings is 1. The van der Waals surface area contributed by atoms with Gasteiger partial charge < -0.3 is 30.6 Å². The zero-order chi connectivity index (χ0) is 29.1. The van der Waals surface area contributed by atoms with Crippen LogP contribution in [0.2, 0.25) is 5.02 Å². The SMILES string of the molecule is CC.CN(N)c1cc(-c2cc(F)cc(-c3ccc(-n4ccn(C)c4=O)c(Cl)c3)c2O)cc(N2CCNCC2)c1N. The van der Waals surface area contributed by atoms with Crippen molar-refractivity contribution in [3.05, 3.63) is 76.2 Å². The summed E-state index contributed by atoms with van der Waals surface area (Å²) in [5, 5.41) is 16.4. The molecule has 0 amide bonds. The lowest BCUT2D eigenvalue weighted by Crippen LogP contribution is -2.44. The largest absolute Gasteiger partial charge is 0.507 e. The number of halogens is 2. The van der Waals surface area contributed by atoms with Gasteiger partial charge >= 0.3 is 5.69 Å². The number of phenolic OH excluding ortho intramolecular Hbond substituents is 1. The first kappa shape index (κ1) is 29.0. The van der Waals surface area contributed by atoms with Crippen molar-refractivity contribution in [2.45, 2.75) is 13.8 Å². The van der Waals surface area contributed by atoms with E-state index in [-0.39, 0.29) is 22.0 Å². The van der Waals surface area contributed by atoms with Crippen LogP contribution in [0.25, 0.3) is 27.9 Å². The van der Waals surface area contributed by atoms with Crippen molar-refractivity contribution in [2.75, 3.05) is 48.9 Å². The Bertz CT molecular complexity index is 1580. The summed E-state index contributed by atoms with van der Waals surface area (Å²) in [6, 6.07) is 11.1. The van der Waals surface area contributed by atoms with Crippen molar-refractivity contribution in [3.8, 4) is 33.7 Å². The molecule has 6 N–H and O–H groups in total. The minimum atomic E-state index is -0.532. The van der Waals surface area contributed by atoms with Crippen molar-refractivity contribution in [1.82, 2.24) is 14.5 Å². The van der Waals surface area contributed by atoms with Gasteiger partial charge in [0.15, 0.2) is 0 Å². The average molecular weight is 568 g/mol. The Morgan fingerprint density at radius 3 is 2.23 bits per heavy atom. The lowest BCUT2D eigenvalue weighted by molar-refractivity contribution is 0.477. The summed E-state index contributed by atoms with van der Waals surface area (Å²) >= 11 is 6.54. The van der Waals surface area contributed by atoms with E-state index >= 15 is 4.39 Å². The fourth-order valence-corrected chi connectivity index (χ4v) is 5.07. The number of nitrogens with zero attached hydrogens (tertiary/aromatic N) is 4. The Morgan fingerprint density at radius 2 is 1.65 bits per heavy atom. The minimum absolute atomic E-state index is 0.117. The summed E-state index contributed by atoms with van der Waals surface area (Å²) in [5.41, 5.74) is 10.2. The van der Waals surface area contributed by atoms with E-state index in [0.717, 1.165) is 31.9 Å². The summed E-state index contributed by atoms with van der Waals surface area (Å²) < 4.78 is 17.9. The van der Waals surface area contributed by atoms with E-state index in [1.54, 1.807) is 50.8 Å². The minimum Gasteiger partial charge on any atom is -0.507 e. The molecular formula is C29H35ClFN7O2. The zero-order valence-electron chi connectivity index (χ0n) is 23.1. The lowest BCUT2D eigenvalue weighted by Gasteiger charge is -2.32. The van der Waals surface area contributed by atoms with E-state index in [1.165, 1.54) is 26.3 Å². The molecule has 212 valence electrons. The smallest absolute Gasteiger partial charge is 0.332 e. The van der Waals surface area contributed by atoms with E-state index in [2.05, 4.69) is 10.2 Å². The number of phenols is 1. The average Bonchev–Trinajstić information content (AvgIpc) is 3.28. The lowest BCUT2D eigenvalue weighted by atomic mass is 9.95. The fraction of sp³-hybridized carbons (Fsp3) is 0.276. The topological polar surface area (TPSA) is 118 Å². The second-order valence-corrected chi connectivity index (χ2v) is 9.76. The van der Waals surface area contributed by atoms with Crippen LogP contribution in [0.5, 0.6) is 5.75 Å². The number of aromatic nitrogens is 2. The Labute approximate surface area is 238 Å². The molecule has 1 aliphatic heterocycles. The number of aryl methyl sites for hydroxylation is 1. The molecule has 0 spiro atoms. The molecule has 4 aromatic rings. The standard InChI is InChI=1S/C27H29ClFN7O2.C2H6/c1-33-9-10-36(27(33)38)22-4-3-16(11-21(22)28)19-14-18(29)15-20(26(19)37)17-12-23(34(2)31)25(30)24(13-17)35-7-5-32-6-8-35;1-2/h3-4,9-15,32,37H,5-8,30-31H2,1-2H3;1-2H3. The van der Waals surface area contributed by atoms with E-state index in [4.69, 9.17) is 23.2 Å². The van der Waals surface area contributed by atoms with E-state index in [1.807, 2.05) is 19.9 Å². The molecule has 0 saturated carbocycles. The van der Waals surface area contributed by atoms with E-state index < -0.39 is 5.82 Å². The van der Waals surface area contributed by atoms with Crippen LogP contribution < -0.4 is 32.5 Å². The van der Waals surface area contributed by atoms with Crippen LogP contribution in [0.4, 0.5) is 21.5 Å². The molecule has 40 heavy (non-hydrogen) atoms. The van der Waals surface area contributed by atoms with E-state index in [0.29, 0.717) is 33.8 Å². The quantitative estimate of drug-likeness (QED) is 0.161. The zero-order valence-corrected chi connectivity index (χ0v) is 23.8. The molecule has 0 bridgehead atoms. The number of nitrogen functional groups attached to an aromatic ring is 1. The first-order valence-electron chi connectivity index (χ1n) is 13.1. The summed E-state index contributed by atoms with van der Waals surface area (Å²) in [4.78, 5) is 14.5. The summed E-state index contributed by atoms with van der Waals surface area (Å²) in [7, 11) is 3.32. The molecule has 9 nitrogen and oxygen atoms in total. The number of aromatic hydroxyl groups is 1. The maximum Gasteiger partial charge on any atom is 0.332 e. The van der Waals surface area contributed by atoms with Crippen molar-refractivity contribution in [1.29, 1.82) is 0 Å². The maximum absolute atomic E-state index is 15.0. The number of hydrazine groups is 1. The van der Waals surface area contributed by atoms with Gasteiger partial charge in [0.25, 0.3) is 0 Å². The summed E-state index contributed by atoms with van der Waals surface area (Å²) in [5.74, 6) is 5.44. The van der Waals surface area contributed by atoms with Gasteiger partial charge in [0.1, 0.15) is 11.6 Å². The number of hydrogen-bond acceptors (Lipinski definition) is 7. The van der Waals surface area contributed by atoms with Gasteiger partial charge in [-0.3, -0.25) is 4.57 Å². The van der Waals surface area contributed by atoms with Gasteiger partial charge in [-0.05, 0) is 47.5 Å². The third-order valence-corrected chi connectivity index (χ3v) is 7.13. The monoisotopic (exact) mass is 567 g/mol. The summed E-state index contributed by atoms with van der Waals surface area (Å²) in [6.45, 7) is 7.10. The van der Waals surface area contributed by atoms with E-state index in [9.17, 15) is 9.90 Å². The molecule has 1 fully saturated rings. The van der Waals surface area contributed by atoms with Crippen LogP contribution in [0.1, 0.15) is 13.8 Å². The molecule has 1 saturated heterocycles. The normalized spacial score (nSPS) is 13.1. The molecule has 0 aliphatic carbocycles. The number of anilines is 3. The van der Waals surface area contributed by atoms with Crippen molar-refractivity contribution >= 4 is 28.7 Å². The first-order chi connectivity index (χ1) is 19.2. The number of benzene rings is 3. The van der Waals surface area contributed by atoms with Crippen LogP contribution >= 0.6 is 11.6 Å². The molecule has 0 atom stereocenters. The van der Waals surface area contributed by atoms with Crippen molar-refractivity contribution < 1.29 is 9.50 Å². The van der Waals surface area contributed by atoms with Gasteiger partial charge in [-0.25, -0.2) is 15.0 Å². The van der Waals surface area contributed by atoms with Gasteiger partial charge in [-0.1, -0.05) is 31.5 Å². The van der Waals surface area contributed by atoms with Crippen LogP contribution in [0, 0.1) is 5.82 Å². The Hall–Kier alpha value is -3.99. The Morgan fingerprint density at radius 1 is 1.00 bits per heavy atom. The number of hydrogen-bond donors (Lipinski definition) is 4. The highest BCUT2D eigenvalue weighted by atomic mass is 35.5. The van der Waals surface area contributed by atoms with Crippen molar-refractivity contribution in [2.24, 2.45) is 12.9 Å². The van der Waals surface area contributed by atoms with Gasteiger partial charge in [0.05, 0.1) is 27.8 Å². The highest BCUT2D eigenvalue weighted by Gasteiger charge is 2.21. The molecule has 2 heterocycles. The molecule has 1 aliphatic rings. The predicted molar refractivity (Wildman–Crippen MR) is 162 cm³/mol. The summed E-state index contributed by atoms with van der Waals surface area (Å²) in [6.07, 6.45) is 3.25. The number of rotatable bonds is 5. The van der Waals surface area contributed by atoms with Crippen LogP contribution in [-0.4, -0.2) is 47.5 Å². The Kier molecular flexibility index (Phi) is 8.73. The third kappa shape index (κ3) is 5.51. The number of nitrogens with two attached hydrogens (primary N) is 2. The van der Waals surface area contributed by atoms with Gasteiger partial charge in [-0.15, -0.1) is 0 Å². The Balaban J connectivity index is 0.00000181. The highest BCUT2D eigenvalue weighted by molar-refractivity contribution is 6.32. The molecule has 11 heteroatoms. The van der Waals surface area contributed by atoms with Gasteiger partial charge in [0.2, 0.25) is 0 Å². The molecular weight excluding hydrogens is 533 g/mol. The third-order valence-electron chi connectivity index (χ3n) is 6.83. The second-order valence-electron chi connectivity index (χ2n) is 9.35. The molecule has 3 aromatic carbocycles.